The summed E-state index contributed by atoms with van der Waals surface area (Å²) in [6.45, 7) is 16.3. The molecule has 3 N–H and O–H groups in total. The van der Waals surface area contributed by atoms with E-state index in [1.54, 1.807) is 26.8 Å². The van der Waals surface area contributed by atoms with Crippen LogP contribution < -0.4 is 15.4 Å². The highest BCUT2D eigenvalue weighted by molar-refractivity contribution is 5.93. The molecular weight excluding hydrogens is 548 g/mol. The highest BCUT2D eigenvalue weighted by Crippen LogP contribution is 2.34. The Morgan fingerprint density at radius 2 is 1.65 bits per heavy atom. The first kappa shape index (κ1) is 33.9. The van der Waals surface area contributed by atoms with Crippen molar-refractivity contribution in [3.8, 4) is 11.5 Å². The number of aliphatic hydroxyl groups is 1. The molecule has 0 saturated heterocycles. The first-order chi connectivity index (χ1) is 20.2. The minimum Gasteiger partial charge on any atom is -0.457 e. The van der Waals surface area contributed by atoms with Crippen LogP contribution in [-0.2, 0) is 20.7 Å². The highest BCUT2D eigenvalue weighted by atomic mass is 16.6. The molecule has 1 unspecified atom stereocenters. The fourth-order valence-electron chi connectivity index (χ4n) is 5.33. The Kier molecular flexibility index (Phi) is 11.6. The lowest BCUT2D eigenvalue weighted by molar-refractivity contribution is -0.145. The second-order valence-corrected chi connectivity index (χ2v) is 12.5. The molecule has 2 aromatic carbocycles. The number of hydrogen-bond donors (Lipinski definition) is 3. The first-order valence-electron chi connectivity index (χ1n) is 15.0. The minimum absolute atomic E-state index is 0.210. The Hall–Kier alpha value is -3.63. The van der Waals surface area contributed by atoms with Crippen LogP contribution >= 0.6 is 0 Å². The van der Waals surface area contributed by atoms with Gasteiger partial charge in [-0.05, 0) is 97.2 Å². The third-order valence-electron chi connectivity index (χ3n) is 7.27. The fourth-order valence-corrected chi connectivity index (χ4v) is 5.33. The second kappa shape index (κ2) is 14.7. The monoisotopic (exact) mass is 596 g/mol. The van der Waals surface area contributed by atoms with Crippen LogP contribution in [0.2, 0.25) is 0 Å². The molecule has 0 bridgehead atoms. The number of carbonyl (C=O) groups is 3. The average Bonchev–Trinajstić information content (AvgIpc) is 2.91. The van der Waals surface area contributed by atoms with Crippen molar-refractivity contribution in [1.29, 1.82) is 0 Å². The molecule has 43 heavy (non-hydrogen) atoms. The van der Waals surface area contributed by atoms with Gasteiger partial charge >= 0.3 is 6.09 Å². The van der Waals surface area contributed by atoms with Gasteiger partial charge in [0.15, 0.2) is 0 Å². The highest BCUT2D eigenvalue weighted by Gasteiger charge is 2.41. The quantitative estimate of drug-likeness (QED) is 0.351. The minimum atomic E-state index is -1.30. The van der Waals surface area contributed by atoms with Gasteiger partial charge < -0.3 is 30.1 Å². The number of alkyl carbamates (subject to hydrolysis) is 1. The molecule has 2 aromatic rings. The molecule has 0 saturated carbocycles. The van der Waals surface area contributed by atoms with E-state index in [1.165, 1.54) is 11.8 Å². The molecule has 0 aromatic heterocycles. The van der Waals surface area contributed by atoms with Crippen LogP contribution in [0.15, 0.2) is 48.5 Å². The molecule has 1 aliphatic rings. The van der Waals surface area contributed by atoms with E-state index in [4.69, 9.17) is 9.47 Å². The Morgan fingerprint density at radius 1 is 1.00 bits per heavy atom. The van der Waals surface area contributed by atoms with Crippen molar-refractivity contribution in [2.75, 3.05) is 19.6 Å². The van der Waals surface area contributed by atoms with E-state index in [0.29, 0.717) is 48.7 Å². The standard InChI is InChI=1S/C33H48N4O6/c1-21(2)36(22(3)4)19-17-34-30(39)29-27-15-14-26(42-25-12-10-9-11-13-25)20-24(27)16-18-37(29)31(40)28(23(5)38)35-32(41)43-33(6,7)8/h9-15,20-23,28-29,38H,16-19H2,1-8H3,(H,34,39)(H,35,41)/t23-,28-,29?/m0/s1. The van der Waals surface area contributed by atoms with E-state index < -0.39 is 35.8 Å². The van der Waals surface area contributed by atoms with Gasteiger partial charge in [-0.1, -0.05) is 24.3 Å². The number of para-hydroxylation sites is 1. The van der Waals surface area contributed by atoms with Crippen molar-refractivity contribution < 1.29 is 29.0 Å². The SMILES string of the molecule is CC(C)N(CCNC(=O)C1c2ccc(Oc3ccccc3)cc2CCN1C(=O)[C@@H](NC(=O)OC(C)(C)C)[C@H](C)O)C(C)C. The molecule has 3 rings (SSSR count). The van der Waals surface area contributed by atoms with Gasteiger partial charge in [-0.2, -0.15) is 0 Å². The summed E-state index contributed by atoms with van der Waals surface area (Å²) in [6.07, 6.45) is -1.59. The van der Waals surface area contributed by atoms with Gasteiger partial charge in [0.25, 0.3) is 0 Å². The summed E-state index contributed by atoms with van der Waals surface area (Å²) in [4.78, 5) is 44.0. The van der Waals surface area contributed by atoms with Gasteiger partial charge in [0.1, 0.15) is 29.2 Å². The lowest BCUT2D eigenvalue weighted by atomic mass is 9.90. The molecule has 236 valence electrons. The van der Waals surface area contributed by atoms with Gasteiger partial charge in [0.2, 0.25) is 11.8 Å². The number of nitrogens with one attached hydrogen (secondary N) is 2. The van der Waals surface area contributed by atoms with Crippen LogP contribution in [0.3, 0.4) is 0 Å². The Morgan fingerprint density at radius 3 is 2.23 bits per heavy atom. The Labute approximate surface area is 255 Å². The number of benzene rings is 2. The molecule has 3 amide bonds. The number of ether oxygens (including phenoxy) is 2. The van der Waals surface area contributed by atoms with Crippen LogP contribution in [0.4, 0.5) is 4.79 Å². The van der Waals surface area contributed by atoms with Crippen molar-refractivity contribution in [1.82, 2.24) is 20.4 Å². The van der Waals surface area contributed by atoms with Crippen LogP contribution in [0.5, 0.6) is 11.5 Å². The number of rotatable bonds is 11. The average molecular weight is 597 g/mol. The number of fused-ring (bicyclic) bond motifs is 1. The molecule has 10 nitrogen and oxygen atoms in total. The second-order valence-electron chi connectivity index (χ2n) is 12.5. The molecule has 0 fully saturated rings. The third kappa shape index (κ3) is 9.43. The van der Waals surface area contributed by atoms with Crippen molar-refractivity contribution in [2.45, 2.75) is 97.7 Å². The van der Waals surface area contributed by atoms with Gasteiger partial charge in [-0.3, -0.25) is 14.5 Å². The number of amides is 3. The van der Waals surface area contributed by atoms with Crippen LogP contribution in [0.25, 0.3) is 0 Å². The zero-order valence-electron chi connectivity index (χ0n) is 26.7. The van der Waals surface area contributed by atoms with E-state index >= 15 is 0 Å². The Balaban J connectivity index is 1.90. The summed E-state index contributed by atoms with van der Waals surface area (Å²) in [7, 11) is 0. The summed E-state index contributed by atoms with van der Waals surface area (Å²) in [5.74, 6) is 0.418. The molecular formula is C33H48N4O6. The zero-order chi connectivity index (χ0) is 31.9. The zero-order valence-corrected chi connectivity index (χ0v) is 26.7. The van der Waals surface area contributed by atoms with Crippen molar-refractivity contribution in [3.05, 3.63) is 59.7 Å². The summed E-state index contributed by atoms with van der Waals surface area (Å²) in [5, 5.41) is 16.1. The van der Waals surface area contributed by atoms with Gasteiger partial charge in [-0.15, -0.1) is 0 Å². The lowest BCUT2D eigenvalue weighted by Gasteiger charge is -2.39. The topological polar surface area (TPSA) is 120 Å². The smallest absolute Gasteiger partial charge is 0.408 e. The summed E-state index contributed by atoms with van der Waals surface area (Å²) in [6, 6.07) is 13.3. The molecule has 3 atom stereocenters. The van der Waals surface area contributed by atoms with E-state index in [9.17, 15) is 19.5 Å². The number of aliphatic hydroxyl groups excluding tert-OH is 1. The number of nitrogens with zero attached hydrogens (tertiary/aromatic N) is 2. The maximum atomic E-state index is 13.9. The van der Waals surface area contributed by atoms with E-state index in [0.717, 1.165) is 5.56 Å². The van der Waals surface area contributed by atoms with Gasteiger partial charge in [0.05, 0.1) is 6.10 Å². The van der Waals surface area contributed by atoms with Crippen LogP contribution in [0, 0.1) is 0 Å². The normalized spacial score (nSPS) is 16.5. The molecule has 1 aliphatic heterocycles. The Bertz CT molecular complexity index is 1230. The van der Waals surface area contributed by atoms with E-state index in [2.05, 4.69) is 43.2 Å². The van der Waals surface area contributed by atoms with Gasteiger partial charge in [0, 0.05) is 31.7 Å². The van der Waals surface area contributed by atoms with E-state index in [1.807, 2.05) is 42.5 Å². The van der Waals surface area contributed by atoms with Crippen LogP contribution in [-0.4, -0.2) is 82.3 Å². The fraction of sp³-hybridized carbons (Fsp3) is 0.545. The van der Waals surface area contributed by atoms with Crippen molar-refractivity contribution in [3.63, 3.8) is 0 Å². The van der Waals surface area contributed by atoms with Gasteiger partial charge in [-0.25, -0.2) is 4.79 Å². The molecule has 0 radical (unpaired) electrons. The molecule has 0 spiro atoms. The predicted molar refractivity (Wildman–Crippen MR) is 166 cm³/mol. The number of hydrogen-bond acceptors (Lipinski definition) is 7. The molecule has 10 heteroatoms. The van der Waals surface area contributed by atoms with Crippen molar-refractivity contribution in [2.24, 2.45) is 0 Å². The van der Waals surface area contributed by atoms with Crippen LogP contribution in [0.1, 0.15) is 72.6 Å². The molecule has 0 aliphatic carbocycles. The summed E-state index contributed by atoms with van der Waals surface area (Å²) < 4.78 is 11.4. The van der Waals surface area contributed by atoms with E-state index in [-0.39, 0.29) is 12.5 Å². The maximum absolute atomic E-state index is 13.9. The largest absolute Gasteiger partial charge is 0.457 e. The maximum Gasteiger partial charge on any atom is 0.408 e. The third-order valence-corrected chi connectivity index (χ3v) is 7.27. The summed E-state index contributed by atoms with van der Waals surface area (Å²) >= 11 is 0. The lowest BCUT2D eigenvalue weighted by Crippen LogP contribution is -2.58. The summed E-state index contributed by atoms with van der Waals surface area (Å²) in [5.41, 5.74) is 0.767. The molecule has 1 heterocycles. The predicted octanol–water partition coefficient (Wildman–Crippen LogP) is 4.41. The number of carbonyl (C=O) groups excluding carboxylic acids is 3. The first-order valence-corrected chi connectivity index (χ1v) is 15.0. The van der Waals surface area contributed by atoms with Crippen molar-refractivity contribution >= 4 is 17.9 Å².